The van der Waals surface area contributed by atoms with Gasteiger partial charge in [-0.25, -0.2) is 0 Å². The lowest BCUT2D eigenvalue weighted by Gasteiger charge is -2.23. The number of rotatable bonds is 4. The summed E-state index contributed by atoms with van der Waals surface area (Å²) >= 11 is 1.31. The van der Waals surface area contributed by atoms with Gasteiger partial charge < -0.3 is 9.80 Å². The number of thiophene rings is 1. The van der Waals surface area contributed by atoms with Gasteiger partial charge in [0.15, 0.2) is 0 Å². The summed E-state index contributed by atoms with van der Waals surface area (Å²) in [6, 6.07) is 8.54. The van der Waals surface area contributed by atoms with Crippen LogP contribution in [0, 0.1) is 5.92 Å². The van der Waals surface area contributed by atoms with Crippen LogP contribution in [0.5, 0.6) is 0 Å². The lowest BCUT2D eigenvalue weighted by atomic mass is 9.87. The highest BCUT2D eigenvalue weighted by Gasteiger charge is 2.42. The molecule has 0 N–H and O–H groups in total. The van der Waals surface area contributed by atoms with Gasteiger partial charge in [-0.05, 0) is 30.0 Å². The first-order valence-corrected chi connectivity index (χ1v) is 9.85. The van der Waals surface area contributed by atoms with Crippen LogP contribution < -0.4 is 0 Å². The van der Waals surface area contributed by atoms with E-state index in [1.54, 1.807) is 40.4 Å². The van der Waals surface area contributed by atoms with E-state index in [2.05, 4.69) is 0 Å². The van der Waals surface area contributed by atoms with Crippen molar-refractivity contribution in [2.24, 2.45) is 5.92 Å². The van der Waals surface area contributed by atoms with Crippen LogP contribution in [0.3, 0.4) is 0 Å². The fourth-order valence-electron chi connectivity index (χ4n) is 3.50. The Bertz CT molecular complexity index is 851. The first-order chi connectivity index (χ1) is 13.2. The summed E-state index contributed by atoms with van der Waals surface area (Å²) in [4.78, 5) is 29.3. The maximum Gasteiger partial charge on any atom is 0.416 e. The molecule has 0 radical (unpaired) electrons. The topological polar surface area (TPSA) is 40.6 Å². The van der Waals surface area contributed by atoms with Crippen LogP contribution in [-0.4, -0.2) is 48.3 Å². The van der Waals surface area contributed by atoms with Gasteiger partial charge in [-0.15, -0.1) is 11.3 Å². The van der Waals surface area contributed by atoms with Crippen LogP contribution in [0.25, 0.3) is 0 Å². The maximum atomic E-state index is 13.1. The van der Waals surface area contributed by atoms with Crippen molar-refractivity contribution in [1.29, 1.82) is 0 Å². The average molecular weight is 410 g/mol. The highest BCUT2D eigenvalue weighted by Crippen LogP contribution is 2.37. The number of hydrogen-bond donors (Lipinski definition) is 0. The number of likely N-dealkylation sites (tertiary alicyclic amines) is 1. The van der Waals surface area contributed by atoms with E-state index in [1.807, 2.05) is 6.92 Å². The Kier molecular flexibility index (Phi) is 5.79. The molecule has 4 nitrogen and oxygen atoms in total. The van der Waals surface area contributed by atoms with Crippen molar-refractivity contribution in [2.75, 3.05) is 26.7 Å². The minimum Gasteiger partial charge on any atom is -0.346 e. The molecule has 0 aliphatic carbocycles. The van der Waals surface area contributed by atoms with Crippen LogP contribution in [0.1, 0.15) is 33.6 Å². The van der Waals surface area contributed by atoms with Gasteiger partial charge in [-0.3, -0.25) is 9.59 Å². The SMILES string of the molecule is CCN(C)C(=O)C1CN(C(=O)c2cccs2)CC1c1cccc(C(F)(F)F)c1. The van der Waals surface area contributed by atoms with E-state index in [0.717, 1.165) is 12.1 Å². The molecule has 1 aliphatic rings. The Morgan fingerprint density at radius 3 is 2.57 bits per heavy atom. The first kappa shape index (κ1) is 20.4. The Labute approximate surface area is 165 Å². The number of benzene rings is 1. The predicted molar refractivity (Wildman–Crippen MR) is 101 cm³/mol. The lowest BCUT2D eigenvalue weighted by Crippen LogP contribution is -2.36. The summed E-state index contributed by atoms with van der Waals surface area (Å²) in [5, 5.41) is 1.79. The summed E-state index contributed by atoms with van der Waals surface area (Å²) in [5.74, 6) is -1.40. The van der Waals surface area contributed by atoms with Gasteiger partial charge in [0.05, 0.1) is 16.4 Å². The van der Waals surface area contributed by atoms with Crippen LogP contribution >= 0.6 is 11.3 Å². The third-order valence-corrected chi connectivity index (χ3v) is 6.01. The average Bonchev–Trinajstić information content (AvgIpc) is 3.35. The molecule has 2 unspecified atom stereocenters. The van der Waals surface area contributed by atoms with Crippen molar-refractivity contribution in [3.63, 3.8) is 0 Å². The second-order valence-electron chi connectivity index (χ2n) is 6.88. The van der Waals surface area contributed by atoms with Crippen LogP contribution in [0.4, 0.5) is 13.2 Å². The van der Waals surface area contributed by atoms with E-state index in [4.69, 9.17) is 0 Å². The Morgan fingerprint density at radius 2 is 1.96 bits per heavy atom. The molecule has 2 heterocycles. The van der Waals surface area contributed by atoms with Crippen molar-refractivity contribution in [1.82, 2.24) is 9.80 Å². The largest absolute Gasteiger partial charge is 0.416 e. The van der Waals surface area contributed by atoms with Crippen molar-refractivity contribution >= 4 is 23.2 Å². The molecule has 3 rings (SSSR count). The quantitative estimate of drug-likeness (QED) is 0.762. The summed E-state index contributed by atoms with van der Waals surface area (Å²) in [5.41, 5.74) is -0.317. The highest BCUT2D eigenvalue weighted by molar-refractivity contribution is 7.12. The van der Waals surface area contributed by atoms with Crippen molar-refractivity contribution in [2.45, 2.75) is 19.0 Å². The summed E-state index contributed by atoms with van der Waals surface area (Å²) in [7, 11) is 1.66. The molecule has 150 valence electrons. The number of hydrogen-bond acceptors (Lipinski definition) is 3. The monoisotopic (exact) mass is 410 g/mol. The summed E-state index contributed by atoms with van der Waals surface area (Å²) in [6.45, 7) is 2.73. The van der Waals surface area contributed by atoms with Gasteiger partial charge in [0.1, 0.15) is 0 Å². The molecule has 1 saturated heterocycles. The third kappa shape index (κ3) is 4.06. The molecule has 2 amide bonds. The van der Waals surface area contributed by atoms with E-state index >= 15 is 0 Å². The normalized spacial score (nSPS) is 19.7. The lowest BCUT2D eigenvalue weighted by molar-refractivity contribution is -0.137. The minimum atomic E-state index is -4.46. The number of alkyl halides is 3. The van der Waals surface area contributed by atoms with Gasteiger partial charge in [-0.1, -0.05) is 24.3 Å². The number of carbonyl (C=O) groups is 2. The van der Waals surface area contributed by atoms with Gasteiger partial charge >= 0.3 is 6.18 Å². The maximum absolute atomic E-state index is 13.1. The molecule has 2 atom stereocenters. The molecular weight excluding hydrogens is 389 g/mol. The highest BCUT2D eigenvalue weighted by atomic mass is 32.1. The standard InChI is InChI=1S/C20H21F3N2O2S/c1-3-24(2)18(26)16-12-25(19(27)17-8-5-9-28-17)11-15(16)13-6-4-7-14(10-13)20(21,22)23/h4-10,15-16H,3,11-12H2,1-2H3. The number of carbonyl (C=O) groups excluding carboxylic acids is 2. The molecule has 2 aromatic rings. The number of amides is 2. The van der Waals surface area contributed by atoms with Crippen LogP contribution in [0.2, 0.25) is 0 Å². The van der Waals surface area contributed by atoms with Crippen LogP contribution in [0.15, 0.2) is 41.8 Å². The minimum absolute atomic E-state index is 0.161. The molecule has 0 saturated carbocycles. The van der Waals surface area contributed by atoms with Crippen molar-refractivity contribution in [3.05, 3.63) is 57.8 Å². The van der Waals surface area contributed by atoms with E-state index in [0.29, 0.717) is 17.0 Å². The Hall–Kier alpha value is -2.35. The van der Waals surface area contributed by atoms with E-state index in [9.17, 15) is 22.8 Å². The molecule has 0 bridgehead atoms. The van der Waals surface area contributed by atoms with Gasteiger partial charge in [-0.2, -0.15) is 13.2 Å². The molecule has 8 heteroatoms. The third-order valence-electron chi connectivity index (χ3n) is 5.15. The molecular formula is C20H21F3N2O2S. The Balaban J connectivity index is 1.94. The number of halogens is 3. The molecule has 28 heavy (non-hydrogen) atoms. The van der Waals surface area contributed by atoms with Crippen molar-refractivity contribution in [3.8, 4) is 0 Å². The van der Waals surface area contributed by atoms with Gasteiger partial charge in [0, 0.05) is 32.6 Å². The zero-order chi connectivity index (χ0) is 20.5. The molecule has 1 aliphatic heterocycles. The summed E-state index contributed by atoms with van der Waals surface area (Å²) < 4.78 is 39.4. The fourth-order valence-corrected chi connectivity index (χ4v) is 4.19. The molecule has 1 aromatic heterocycles. The summed E-state index contributed by atoms with van der Waals surface area (Å²) in [6.07, 6.45) is -4.46. The first-order valence-electron chi connectivity index (χ1n) is 8.97. The van der Waals surface area contributed by atoms with Gasteiger partial charge in [0.25, 0.3) is 5.91 Å². The van der Waals surface area contributed by atoms with E-state index < -0.39 is 23.6 Å². The molecule has 1 fully saturated rings. The molecule has 1 aromatic carbocycles. The van der Waals surface area contributed by atoms with Gasteiger partial charge in [0.2, 0.25) is 5.91 Å². The van der Waals surface area contributed by atoms with Crippen molar-refractivity contribution < 1.29 is 22.8 Å². The molecule has 0 spiro atoms. The van der Waals surface area contributed by atoms with E-state index in [1.165, 1.54) is 17.4 Å². The fraction of sp³-hybridized carbons (Fsp3) is 0.400. The smallest absolute Gasteiger partial charge is 0.346 e. The zero-order valence-corrected chi connectivity index (χ0v) is 16.4. The predicted octanol–water partition coefficient (Wildman–Crippen LogP) is 4.10. The Morgan fingerprint density at radius 1 is 1.21 bits per heavy atom. The second-order valence-corrected chi connectivity index (χ2v) is 7.82. The second kappa shape index (κ2) is 7.95. The van der Waals surface area contributed by atoms with Crippen LogP contribution in [-0.2, 0) is 11.0 Å². The van der Waals surface area contributed by atoms with E-state index in [-0.39, 0.29) is 24.9 Å². The number of nitrogens with zero attached hydrogens (tertiary/aromatic N) is 2. The zero-order valence-electron chi connectivity index (χ0n) is 15.6.